The van der Waals surface area contributed by atoms with Gasteiger partial charge in [-0.2, -0.15) is 0 Å². The van der Waals surface area contributed by atoms with Gasteiger partial charge in [-0.3, -0.25) is 4.79 Å². The molecule has 130 valence electrons. The van der Waals surface area contributed by atoms with Crippen LogP contribution >= 0.6 is 0 Å². The molecule has 3 N–H and O–H groups in total. The second-order valence-electron chi connectivity index (χ2n) is 5.71. The van der Waals surface area contributed by atoms with Crippen LogP contribution in [0.2, 0.25) is 0 Å². The number of fused-ring (bicyclic) bond motifs is 1. The predicted octanol–water partition coefficient (Wildman–Crippen LogP) is 2.50. The smallest absolute Gasteiger partial charge is 0.323 e. The number of benzene rings is 2. The van der Waals surface area contributed by atoms with Crippen LogP contribution in [0.1, 0.15) is 11.1 Å². The van der Waals surface area contributed by atoms with Gasteiger partial charge in [-0.05, 0) is 43.2 Å². The summed E-state index contributed by atoms with van der Waals surface area (Å²) in [6, 6.07) is 8.89. The molecule has 25 heavy (non-hydrogen) atoms. The van der Waals surface area contributed by atoms with E-state index in [0.717, 1.165) is 11.1 Å². The Hall–Kier alpha value is -3.22. The van der Waals surface area contributed by atoms with Gasteiger partial charge in [0.25, 0.3) is 5.91 Å². The molecule has 7 heteroatoms. The molecular formula is C18H19N3O4. The normalized spacial score (nSPS) is 10.7. The third kappa shape index (κ3) is 3.50. The van der Waals surface area contributed by atoms with E-state index < -0.39 is 0 Å². The first-order chi connectivity index (χ1) is 12.0. The van der Waals surface area contributed by atoms with Crippen molar-refractivity contribution in [3.63, 3.8) is 0 Å². The maximum atomic E-state index is 12.3. The summed E-state index contributed by atoms with van der Waals surface area (Å²) in [7, 11) is 1.56. The van der Waals surface area contributed by atoms with E-state index in [-0.39, 0.29) is 18.2 Å². The van der Waals surface area contributed by atoms with Gasteiger partial charge >= 0.3 is 5.69 Å². The highest BCUT2D eigenvalue weighted by molar-refractivity contribution is 6.01. The van der Waals surface area contributed by atoms with E-state index in [1.165, 1.54) is 0 Å². The summed E-state index contributed by atoms with van der Waals surface area (Å²) in [5.41, 5.74) is 3.33. The quantitative estimate of drug-likeness (QED) is 0.664. The fourth-order valence-corrected chi connectivity index (χ4v) is 2.58. The Balaban J connectivity index is 1.78. The highest BCUT2D eigenvalue weighted by Crippen LogP contribution is 2.27. The maximum absolute atomic E-state index is 12.3. The summed E-state index contributed by atoms with van der Waals surface area (Å²) in [4.78, 5) is 29.3. The van der Waals surface area contributed by atoms with Gasteiger partial charge in [-0.25, -0.2) is 4.79 Å². The molecule has 0 radical (unpaired) electrons. The van der Waals surface area contributed by atoms with Gasteiger partial charge < -0.3 is 24.8 Å². The lowest BCUT2D eigenvalue weighted by Gasteiger charge is -2.13. The number of H-pyrrole nitrogens is 2. The van der Waals surface area contributed by atoms with E-state index in [0.29, 0.717) is 28.2 Å². The number of amides is 1. The molecule has 0 atom stereocenters. The largest absolute Gasteiger partial charge is 0.497 e. The summed E-state index contributed by atoms with van der Waals surface area (Å²) >= 11 is 0. The van der Waals surface area contributed by atoms with Gasteiger partial charge in [-0.15, -0.1) is 0 Å². The lowest BCUT2D eigenvalue weighted by molar-refractivity contribution is -0.118. The van der Waals surface area contributed by atoms with Crippen LogP contribution in [0, 0.1) is 13.8 Å². The number of ether oxygens (including phenoxy) is 2. The minimum atomic E-state index is -0.320. The Kier molecular flexibility index (Phi) is 4.47. The minimum absolute atomic E-state index is 0.156. The summed E-state index contributed by atoms with van der Waals surface area (Å²) in [6.07, 6.45) is 0. The highest BCUT2D eigenvalue weighted by Gasteiger charge is 2.14. The third-order valence-corrected chi connectivity index (χ3v) is 4.01. The van der Waals surface area contributed by atoms with Crippen molar-refractivity contribution in [3.05, 3.63) is 51.9 Å². The van der Waals surface area contributed by atoms with Crippen LogP contribution in [0.5, 0.6) is 11.5 Å². The topological polar surface area (TPSA) is 96.2 Å². The molecule has 0 saturated carbocycles. The monoisotopic (exact) mass is 341 g/mol. The number of nitrogens with one attached hydrogen (secondary N) is 3. The minimum Gasteiger partial charge on any atom is -0.497 e. The number of imidazole rings is 1. The lowest BCUT2D eigenvalue weighted by Crippen LogP contribution is -2.21. The van der Waals surface area contributed by atoms with Crippen LogP contribution in [0.4, 0.5) is 5.69 Å². The van der Waals surface area contributed by atoms with E-state index in [9.17, 15) is 9.59 Å². The van der Waals surface area contributed by atoms with Crippen LogP contribution in [0.3, 0.4) is 0 Å². The number of rotatable bonds is 5. The zero-order chi connectivity index (χ0) is 18.0. The number of aromatic amines is 2. The van der Waals surface area contributed by atoms with E-state index in [1.807, 2.05) is 19.9 Å². The number of carbonyl (C=O) groups excluding carboxylic acids is 1. The molecule has 0 aliphatic carbocycles. The van der Waals surface area contributed by atoms with Gasteiger partial charge in [0.1, 0.15) is 11.5 Å². The highest BCUT2D eigenvalue weighted by atomic mass is 16.5. The van der Waals surface area contributed by atoms with Gasteiger partial charge in [0.15, 0.2) is 6.61 Å². The van der Waals surface area contributed by atoms with Crippen LogP contribution in [0.15, 0.2) is 35.1 Å². The van der Waals surface area contributed by atoms with Crippen LogP contribution in [-0.2, 0) is 4.79 Å². The SMILES string of the molecule is COc1cccc(OCC(=O)Nc2c(C)c(C)cc3[nH]c(=O)[nH]c23)c1. The molecule has 0 spiro atoms. The summed E-state index contributed by atoms with van der Waals surface area (Å²) in [6.45, 7) is 3.65. The molecule has 1 amide bonds. The maximum Gasteiger partial charge on any atom is 0.323 e. The van der Waals surface area contributed by atoms with Gasteiger partial charge in [0.2, 0.25) is 0 Å². The van der Waals surface area contributed by atoms with E-state index in [2.05, 4.69) is 15.3 Å². The van der Waals surface area contributed by atoms with Crippen molar-refractivity contribution in [1.82, 2.24) is 9.97 Å². The first-order valence-corrected chi connectivity index (χ1v) is 7.77. The fraction of sp³-hybridized carbons (Fsp3) is 0.222. The van der Waals surface area contributed by atoms with E-state index in [4.69, 9.17) is 9.47 Å². The van der Waals surface area contributed by atoms with Crippen molar-refractivity contribution in [2.75, 3.05) is 19.0 Å². The first kappa shape index (κ1) is 16.6. The molecule has 0 aliphatic heterocycles. The van der Waals surface area contributed by atoms with Crippen molar-refractivity contribution in [3.8, 4) is 11.5 Å². The second-order valence-corrected chi connectivity index (χ2v) is 5.71. The van der Waals surface area contributed by atoms with Crippen LogP contribution in [0.25, 0.3) is 11.0 Å². The molecule has 0 aliphatic rings. The molecular weight excluding hydrogens is 322 g/mol. The zero-order valence-electron chi connectivity index (χ0n) is 14.2. The van der Waals surface area contributed by atoms with E-state index in [1.54, 1.807) is 31.4 Å². The first-order valence-electron chi connectivity index (χ1n) is 7.77. The summed E-state index contributed by atoms with van der Waals surface area (Å²) < 4.78 is 10.6. The van der Waals surface area contributed by atoms with Gasteiger partial charge in [-0.1, -0.05) is 6.07 Å². The second kappa shape index (κ2) is 6.72. The fourth-order valence-electron chi connectivity index (χ4n) is 2.58. The third-order valence-electron chi connectivity index (χ3n) is 4.01. The lowest BCUT2D eigenvalue weighted by atomic mass is 10.1. The number of methoxy groups -OCH3 is 1. The molecule has 0 bridgehead atoms. The molecule has 3 aromatic rings. The zero-order valence-corrected chi connectivity index (χ0v) is 14.2. The molecule has 7 nitrogen and oxygen atoms in total. The van der Waals surface area contributed by atoms with Crippen molar-refractivity contribution < 1.29 is 14.3 Å². The number of aromatic nitrogens is 2. The average molecular weight is 341 g/mol. The molecule has 3 rings (SSSR count). The van der Waals surface area contributed by atoms with Crippen molar-refractivity contribution >= 4 is 22.6 Å². The summed E-state index contributed by atoms with van der Waals surface area (Å²) in [5.74, 6) is 0.870. The molecule has 0 unspecified atom stereocenters. The molecule has 1 heterocycles. The Morgan fingerprint density at radius 1 is 1.16 bits per heavy atom. The number of anilines is 1. The molecule has 1 aromatic heterocycles. The standard InChI is InChI=1S/C18H19N3O4/c1-10-7-14-17(21-18(23)19-14)16(11(10)2)20-15(22)9-25-13-6-4-5-12(8-13)24-3/h4-8H,9H2,1-3H3,(H,20,22)(H2,19,21,23). The van der Waals surface area contributed by atoms with Gasteiger partial charge in [0.05, 0.1) is 23.8 Å². The van der Waals surface area contributed by atoms with Crippen molar-refractivity contribution in [1.29, 1.82) is 0 Å². The Bertz CT molecular complexity index is 988. The number of carbonyl (C=O) groups is 1. The van der Waals surface area contributed by atoms with Crippen molar-refractivity contribution in [2.45, 2.75) is 13.8 Å². The van der Waals surface area contributed by atoms with Crippen molar-refractivity contribution in [2.24, 2.45) is 0 Å². The van der Waals surface area contributed by atoms with Crippen LogP contribution in [-0.4, -0.2) is 29.6 Å². The number of hydrogen-bond acceptors (Lipinski definition) is 4. The Morgan fingerprint density at radius 3 is 2.68 bits per heavy atom. The molecule has 0 fully saturated rings. The summed E-state index contributed by atoms with van der Waals surface area (Å²) in [5, 5.41) is 2.82. The Morgan fingerprint density at radius 2 is 1.92 bits per heavy atom. The van der Waals surface area contributed by atoms with E-state index >= 15 is 0 Å². The number of hydrogen-bond donors (Lipinski definition) is 3. The molecule has 2 aromatic carbocycles. The average Bonchev–Trinajstić information content (AvgIpc) is 2.97. The Labute approximate surface area is 144 Å². The predicted molar refractivity (Wildman–Crippen MR) is 95.5 cm³/mol. The van der Waals surface area contributed by atoms with Crippen LogP contribution < -0.4 is 20.5 Å². The van der Waals surface area contributed by atoms with Gasteiger partial charge in [0, 0.05) is 6.07 Å². The number of aryl methyl sites for hydroxylation is 1. The molecule has 0 saturated heterocycles.